The summed E-state index contributed by atoms with van der Waals surface area (Å²) in [6.45, 7) is 1.88. The molecular formula is C13H13NO4S2. The number of nitrogens with zero attached hydrogens (tertiary/aromatic N) is 1. The first-order chi connectivity index (χ1) is 9.41. The summed E-state index contributed by atoms with van der Waals surface area (Å²) in [5, 5.41) is 9.06. The smallest absolute Gasteiger partial charge is 0.313 e. The fourth-order valence-electron chi connectivity index (χ4n) is 1.62. The van der Waals surface area contributed by atoms with Gasteiger partial charge >= 0.3 is 5.97 Å². The lowest BCUT2D eigenvalue weighted by Gasteiger charge is -2.09. The van der Waals surface area contributed by atoms with E-state index in [1.54, 1.807) is 24.3 Å². The van der Waals surface area contributed by atoms with Crippen molar-refractivity contribution < 1.29 is 18.3 Å². The Morgan fingerprint density at radius 2 is 1.90 bits per heavy atom. The summed E-state index contributed by atoms with van der Waals surface area (Å²) >= 11 is 0.971. The van der Waals surface area contributed by atoms with Crippen LogP contribution in [0.25, 0.3) is 0 Å². The minimum absolute atomic E-state index is 0.177. The topological polar surface area (TPSA) is 76.4 Å². The lowest BCUT2D eigenvalue weighted by molar-refractivity contribution is -0.133. The maximum atomic E-state index is 12.5. The predicted octanol–water partition coefficient (Wildman–Crippen LogP) is 2.21. The summed E-state index contributed by atoms with van der Waals surface area (Å²) in [5.74, 6) is -1.18. The summed E-state index contributed by atoms with van der Waals surface area (Å²) in [4.78, 5) is 10.8. The Balaban J connectivity index is 2.37. The summed E-state index contributed by atoms with van der Waals surface area (Å²) in [5.41, 5.74) is 0.969. The van der Waals surface area contributed by atoms with Gasteiger partial charge in [0, 0.05) is 6.20 Å². The Hall–Kier alpha value is -1.73. The largest absolute Gasteiger partial charge is 0.481 e. The van der Waals surface area contributed by atoms with E-state index in [-0.39, 0.29) is 10.6 Å². The third-order valence-corrected chi connectivity index (χ3v) is 5.44. The lowest BCUT2D eigenvalue weighted by atomic mass is 10.2. The molecule has 1 N–H and O–H groups in total. The molecule has 1 aromatic carbocycles. The molecule has 2 rings (SSSR count). The number of rotatable bonds is 5. The fraction of sp³-hybridized carbons (Fsp3) is 0.154. The molecule has 0 bridgehead atoms. The van der Waals surface area contributed by atoms with Gasteiger partial charge in [-0.05, 0) is 31.2 Å². The van der Waals surface area contributed by atoms with E-state index in [2.05, 4.69) is 0 Å². The molecule has 20 heavy (non-hydrogen) atoms. The Bertz CT molecular complexity index is 717. The predicted molar refractivity (Wildman–Crippen MR) is 76.6 cm³/mol. The van der Waals surface area contributed by atoms with Crippen molar-refractivity contribution in [3.8, 4) is 0 Å². The second kappa shape index (κ2) is 5.72. The Morgan fingerprint density at radius 1 is 1.25 bits per heavy atom. The maximum Gasteiger partial charge on any atom is 0.313 e. The Kier molecular flexibility index (Phi) is 4.20. The standard InChI is InChI=1S/C13H13NO4S2/c1-10-4-6-11(7-5-10)20(17,18)14-8-2-3-12(14)19-9-13(15)16/h2-8H,9H2,1H3,(H,15,16). The second-order valence-electron chi connectivity index (χ2n) is 4.14. The molecular weight excluding hydrogens is 298 g/mol. The molecule has 0 unspecified atom stereocenters. The van der Waals surface area contributed by atoms with Crippen LogP contribution in [-0.2, 0) is 14.8 Å². The van der Waals surface area contributed by atoms with Gasteiger partial charge in [-0.15, -0.1) is 0 Å². The van der Waals surface area contributed by atoms with Gasteiger partial charge in [0.25, 0.3) is 10.0 Å². The van der Waals surface area contributed by atoms with Crippen molar-refractivity contribution in [1.29, 1.82) is 0 Å². The molecule has 0 radical (unpaired) electrons. The van der Waals surface area contributed by atoms with Crippen LogP contribution in [0.3, 0.4) is 0 Å². The quantitative estimate of drug-likeness (QED) is 0.857. The van der Waals surface area contributed by atoms with Gasteiger partial charge in [-0.25, -0.2) is 12.4 Å². The molecule has 0 amide bonds. The average molecular weight is 311 g/mol. The number of aliphatic carboxylic acids is 1. The van der Waals surface area contributed by atoms with Crippen molar-refractivity contribution >= 4 is 27.8 Å². The van der Waals surface area contributed by atoms with Crippen LogP contribution in [0.15, 0.2) is 52.5 Å². The van der Waals surface area contributed by atoms with Gasteiger partial charge < -0.3 is 5.11 Å². The van der Waals surface area contributed by atoms with Crippen molar-refractivity contribution in [2.24, 2.45) is 0 Å². The summed E-state index contributed by atoms with van der Waals surface area (Å²) in [6.07, 6.45) is 1.42. The summed E-state index contributed by atoms with van der Waals surface area (Å²) in [7, 11) is -3.69. The molecule has 0 saturated carbocycles. The summed E-state index contributed by atoms with van der Waals surface area (Å²) < 4.78 is 26.1. The first kappa shape index (κ1) is 14.7. The molecule has 0 fully saturated rings. The molecule has 106 valence electrons. The van der Waals surface area contributed by atoms with E-state index in [1.807, 2.05) is 6.92 Å². The molecule has 7 heteroatoms. The zero-order chi connectivity index (χ0) is 14.8. The van der Waals surface area contributed by atoms with Crippen molar-refractivity contribution in [2.75, 3.05) is 5.75 Å². The number of carboxylic acid groups (broad SMARTS) is 1. The third kappa shape index (κ3) is 3.05. The van der Waals surface area contributed by atoms with Crippen molar-refractivity contribution in [1.82, 2.24) is 3.97 Å². The highest BCUT2D eigenvalue weighted by Gasteiger charge is 2.19. The van der Waals surface area contributed by atoms with Crippen LogP contribution in [0.4, 0.5) is 0 Å². The molecule has 0 aliphatic carbocycles. The normalized spacial score (nSPS) is 11.4. The van der Waals surface area contributed by atoms with Gasteiger partial charge in [0.1, 0.15) is 0 Å². The van der Waals surface area contributed by atoms with Crippen LogP contribution in [0.5, 0.6) is 0 Å². The van der Waals surface area contributed by atoms with Crippen molar-refractivity contribution in [3.05, 3.63) is 48.2 Å². The number of thioether (sulfide) groups is 1. The Morgan fingerprint density at radius 3 is 2.50 bits per heavy atom. The van der Waals surface area contributed by atoms with E-state index in [1.165, 1.54) is 18.3 Å². The average Bonchev–Trinajstić information content (AvgIpc) is 2.86. The number of aromatic nitrogens is 1. The van der Waals surface area contributed by atoms with Gasteiger partial charge in [-0.2, -0.15) is 0 Å². The first-order valence-electron chi connectivity index (χ1n) is 5.75. The number of carboxylic acids is 1. The van der Waals surface area contributed by atoms with Crippen molar-refractivity contribution in [2.45, 2.75) is 16.8 Å². The second-order valence-corrected chi connectivity index (χ2v) is 6.95. The third-order valence-electron chi connectivity index (χ3n) is 2.60. The van der Waals surface area contributed by atoms with E-state index in [9.17, 15) is 13.2 Å². The molecule has 1 heterocycles. The summed E-state index contributed by atoms with van der Waals surface area (Å²) in [6, 6.07) is 9.68. The van der Waals surface area contributed by atoms with Gasteiger partial charge in [0.15, 0.2) is 0 Å². The number of hydrogen-bond acceptors (Lipinski definition) is 4. The van der Waals surface area contributed by atoms with Gasteiger partial charge in [-0.1, -0.05) is 29.5 Å². The molecule has 1 aromatic heterocycles. The molecule has 0 aliphatic heterocycles. The molecule has 0 saturated heterocycles. The van der Waals surface area contributed by atoms with E-state index < -0.39 is 16.0 Å². The minimum atomic E-state index is -3.69. The van der Waals surface area contributed by atoms with E-state index >= 15 is 0 Å². The number of hydrogen-bond donors (Lipinski definition) is 1. The number of carbonyl (C=O) groups is 1. The zero-order valence-corrected chi connectivity index (χ0v) is 12.3. The van der Waals surface area contributed by atoms with Crippen LogP contribution in [-0.4, -0.2) is 29.2 Å². The van der Waals surface area contributed by atoms with Crippen LogP contribution >= 0.6 is 11.8 Å². The molecule has 5 nitrogen and oxygen atoms in total. The number of benzene rings is 1. The van der Waals surface area contributed by atoms with Crippen molar-refractivity contribution in [3.63, 3.8) is 0 Å². The maximum absolute atomic E-state index is 12.5. The fourth-order valence-corrected chi connectivity index (χ4v) is 3.94. The highest BCUT2D eigenvalue weighted by molar-refractivity contribution is 8.00. The molecule has 0 atom stereocenters. The van der Waals surface area contributed by atoms with Crippen LogP contribution < -0.4 is 0 Å². The van der Waals surface area contributed by atoms with Gasteiger partial charge in [0.05, 0.1) is 15.7 Å². The lowest BCUT2D eigenvalue weighted by Crippen LogP contribution is -2.13. The minimum Gasteiger partial charge on any atom is -0.481 e. The van der Waals surface area contributed by atoms with Gasteiger partial charge in [0.2, 0.25) is 0 Å². The van der Waals surface area contributed by atoms with E-state index in [0.717, 1.165) is 21.3 Å². The Labute approximate surface area is 121 Å². The molecule has 2 aromatic rings. The monoisotopic (exact) mass is 311 g/mol. The molecule has 0 aliphatic rings. The highest BCUT2D eigenvalue weighted by Crippen LogP contribution is 2.24. The van der Waals surface area contributed by atoms with E-state index in [4.69, 9.17) is 5.11 Å². The van der Waals surface area contributed by atoms with Crippen LogP contribution in [0.2, 0.25) is 0 Å². The highest BCUT2D eigenvalue weighted by atomic mass is 32.2. The van der Waals surface area contributed by atoms with Crippen LogP contribution in [0, 0.1) is 6.92 Å². The zero-order valence-electron chi connectivity index (χ0n) is 10.7. The number of aryl methyl sites for hydroxylation is 1. The van der Waals surface area contributed by atoms with E-state index in [0.29, 0.717) is 5.03 Å². The first-order valence-corrected chi connectivity index (χ1v) is 8.18. The molecule has 0 spiro atoms. The SMILES string of the molecule is Cc1ccc(S(=O)(=O)n2cccc2SCC(=O)O)cc1. The van der Waals surface area contributed by atoms with Gasteiger partial charge in [-0.3, -0.25) is 4.79 Å². The van der Waals surface area contributed by atoms with Crippen LogP contribution in [0.1, 0.15) is 5.56 Å².